The van der Waals surface area contributed by atoms with Gasteiger partial charge in [-0.05, 0) is 54.3 Å². The molecule has 0 saturated carbocycles. The number of hydrogen-bond donors (Lipinski definition) is 2. The molecule has 1 aliphatic heterocycles. The Morgan fingerprint density at radius 2 is 2.06 bits per heavy atom. The van der Waals surface area contributed by atoms with Crippen molar-refractivity contribution in [2.75, 3.05) is 6.54 Å². The first kappa shape index (κ1) is 20.8. The van der Waals surface area contributed by atoms with Gasteiger partial charge < -0.3 is 10.6 Å². The molecule has 1 atom stereocenters. The van der Waals surface area contributed by atoms with E-state index in [-0.39, 0.29) is 11.8 Å². The zero-order chi connectivity index (χ0) is 21.9. The molecule has 1 aliphatic rings. The van der Waals surface area contributed by atoms with Gasteiger partial charge >= 0.3 is 0 Å². The monoisotopic (exact) mass is 462 g/mol. The zero-order valence-electron chi connectivity index (χ0n) is 17.3. The predicted molar refractivity (Wildman–Crippen MR) is 128 cm³/mol. The van der Waals surface area contributed by atoms with E-state index in [9.17, 15) is 9.59 Å². The zero-order valence-corrected chi connectivity index (χ0v) is 19.0. The van der Waals surface area contributed by atoms with Crippen LogP contribution in [-0.4, -0.2) is 34.4 Å². The lowest BCUT2D eigenvalue weighted by Gasteiger charge is -2.15. The van der Waals surface area contributed by atoms with Gasteiger partial charge in [0.05, 0.1) is 21.4 Å². The van der Waals surface area contributed by atoms with Crippen molar-refractivity contribution >= 4 is 44.7 Å². The van der Waals surface area contributed by atoms with Gasteiger partial charge in [0.1, 0.15) is 11.7 Å². The summed E-state index contributed by atoms with van der Waals surface area (Å²) >= 11 is 3.21. The predicted octanol–water partition coefficient (Wildman–Crippen LogP) is 4.41. The van der Waals surface area contributed by atoms with E-state index in [0.717, 1.165) is 45.4 Å². The standard InChI is InChI=1S/C24H22N4O2S2/c29-23-19(3-1-2-9-25-23)28-24(30)20-12-17(22-18(27-20)8-10-32-22)11-15-4-6-16(7-5-15)21-13-31-14-26-21/h4-8,10,12-14,19H,1-3,9,11H2,(H,25,29)(H,28,30). The van der Waals surface area contributed by atoms with E-state index in [1.165, 1.54) is 0 Å². The number of pyridine rings is 1. The first-order valence-electron chi connectivity index (χ1n) is 10.6. The quantitative estimate of drug-likeness (QED) is 0.460. The number of fused-ring (bicyclic) bond motifs is 1. The van der Waals surface area contributed by atoms with Gasteiger partial charge in [-0.25, -0.2) is 9.97 Å². The highest BCUT2D eigenvalue weighted by Gasteiger charge is 2.24. The average molecular weight is 463 g/mol. The first-order chi connectivity index (χ1) is 15.7. The van der Waals surface area contributed by atoms with E-state index in [1.54, 1.807) is 22.7 Å². The molecule has 1 fully saturated rings. The van der Waals surface area contributed by atoms with Gasteiger partial charge in [-0.15, -0.1) is 22.7 Å². The van der Waals surface area contributed by atoms with Crippen LogP contribution in [0.25, 0.3) is 21.5 Å². The van der Waals surface area contributed by atoms with Gasteiger partial charge in [0.25, 0.3) is 5.91 Å². The molecule has 4 aromatic rings. The molecule has 1 unspecified atom stereocenters. The fraction of sp³-hybridized carbons (Fsp3) is 0.250. The molecule has 1 saturated heterocycles. The highest BCUT2D eigenvalue weighted by molar-refractivity contribution is 7.17. The molecule has 32 heavy (non-hydrogen) atoms. The summed E-state index contributed by atoms with van der Waals surface area (Å²) in [7, 11) is 0. The molecule has 3 aromatic heterocycles. The average Bonchev–Trinajstić information content (AvgIpc) is 3.47. The van der Waals surface area contributed by atoms with Crippen molar-refractivity contribution in [3.8, 4) is 11.3 Å². The Balaban J connectivity index is 1.39. The smallest absolute Gasteiger partial charge is 0.270 e. The van der Waals surface area contributed by atoms with Crippen molar-refractivity contribution in [2.24, 2.45) is 0 Å². The minimum absolute atomic E-state index is 0.118. The molecule has 0 bridgehead atoms. The minimum atomic E-state index is -0.508. The van der Waals surface area contributed by atoms with E-state index >= 15 is 0 Å². The van der Waals surface area contributed by atoms with Crippen molar-refractivity contribution in [1.29, 1.82) is 0 Å². The van der Waals surface area contributed by atoms with Gasteiger partial charge in [-0.3, -0.25) is 9.59 Å². The highest BCUT2D eigenvalue weighted by atomic mass is 32.1. The van der Waals surface area contributed by atoms with Crippen molar-refractivity contribution in [1.82, 2.24) is 20.6 Å². The Hall–Kier alpha value is -3.10. The maximum absolute atomic E-state index is 13.0. The Morgan fingerprint density at radius 3 is 2.88 bits per heavy atom. The number of amides is 2. The summed E-state index contributed by atoms with van der Waals surface area (Å²) in [6, 6.07) is 11.6. The van der Waals surface area contributed by atoms with Gasteiger partial charge in [-0.2, -0.15) is 0 Å². The number of nitrogens with zero attached hydrogens (tertiary/aromatic N) is 2. The van der Waals surface area contributed by atoms with Crippen LogP contribution in [0.15, 0.2) is 52.7 Å². The van der Waals surface area contributed by atoms with E-state index < -0.39 is 6.04 Å². The lowest BCUT2D eigenvalue weighted by atomic mass is 10.0. The second-order valence-electron chi connectivity index (χ2n) is 7.86. The third kappa shape index (κ3) is 4.42. The van der Waals surface area contributed by atoms with E-state index in [4.69, 9.17) is 0 Å². The summed E-state index contributed by atoms with van der Waals surface area (Å²) < 4.78 is 1.08. The number of aromatic nitrogens is 2. The Labute approximate surface area is 193 Å². The molecule has 0 aliphatic carbocycles. The molecule has 162 valence electrons. The van der Waals surface area contributed by atoms with Gasteiger partial charge in [0.2, 0.25) is 5.91 Å². The normalized spacial score (nSPS) is 16.5. The van der Waals surface area contributed by atoms with Crippen LogP contribution in [0.1, 0.15) is 40.9 Å². The second-order valence-corrected chi connectivity index (χ2v) is 9.50. The topological polar surface area (TPSA) is 84.0 Å². The van der Waals surface area contributed by atoms with E-state index in [0.29, 0.717) is 25.1 Å². The van der Waals surface area contributed by atoms with Crippen LogP contribution in [0.2, 0.25) is 0 Å². The molecule has 0 radical (unpaired) electrons. The first-order valence-corrected chi connectivity index (χ1v) is 12.4. The lowest BCUT2D eigenvalue weighted by Crippen LogP contribution is -2.45. The van der Waals surface area contributed by atoms with Crippen LogP contribution < -0.4 is 10.6 Å². The number of hydrogen-bond acceptors (Lipinski definition) is 6. The third-order valence-electron chi connectivity index (χ3n) is 5.64. The largest absolute Gasteiger partial charge is 0.354 e. The summed E-state index contributed by atoms with van der Waals surface area (Å²) in [5, 5.41) is 9.77. The van der Waals surface area contributed by atoms with Crippen LogP contribution in [0.4, 0.5) is 0 Å². The SMILES string of the molecule is O=C(NC1CCCCNC1=O)c1cc(Cc2ccc(-c3cscn3)cc2)c2sccc2n1. The fourth-order valence-corrected chi connectivity index (χ4v) is 5.36. The number of rotatable bonds is 5. The molecule has 1 aromatic carbocycles. The molecule has 0 spiro atoms. The number of carbonyl (C=O) groups is 2. The summed E-state index contributed by atoms with van der Waals surface area (Å²) in [6.45, 7) is 0.662. The summed E-state index contributed by atoms with van der Waals surface area (Å²) in [4.78, 5) is 34.1. The Kier molecular flexibility index (Phi) is 5.96. The lowest BCUT2D eigenvalue weighted by molar-refractivity contribution is -0.122. The van der Waals surface area contributed by atoms with Gasteiger partial charge in [0, 0.05) is 17.5 Å². The number of carbonyl (C=O) groups excluding carboxylic acids is 2. The maximum Gasteiger partial charge on any atom is 0.270 e. The van der Waals surface area contributed by atoms with Crippen LogP contribution in [0.3, 0.4) is 0 Å². The summed E-state index contributed by atoms with van der Waals surface area (Å²) in [5.74, 6) is -0.423. The Morgan fingerprint density at radius 1 is 1.19 bits per heavy atom. The van der Waals surface area contributed by atoms with Crippen molar-refractivity contribution in [2.45, 2.75) is 31.7 Å². The molecular formula is C24H22N4O2S2. The highest BCUT2D eigenvalue weighted by Crippen LogP contribution is 2.27. The van der Waals surface area contributed by atoms with E-state index in [1.807, 2.05) is 28.4 Å². The molecular weight excluding hydrogens is 440 g/mol. The molecule has 4 heterocycles. The van der Waals surface area contributed by atoms with Crippen LogP contribution in [0.5, 0.6) is 0 Å². The number of benzene rings is 1. The van der Waals surface area contributed by atoms with Crippen LogP contribution in [0, 0.1) is 0 Å². The van der Waals surface area contributed by atoms with Crippen molar-refractivity contribution < 1.29 is 9.59 Å². The molecule has 2 amide bonds. The maximum atomic E-state index is 13.0. The molecule has 2 N–H and O–H groups in total. The van der Waals surface area contributed by atoms with E-state index in [2.05, 4.69) is 44.9 Å². The summed E-state index contributed by atoms with van der Waals surface area (Å²) in [5.41, 5.74) is 7.27. The second kappa shape index (κ2) is 9.18. The summed E-state index contributed by atoms with van der Waals surface area (Å²) in [6.07, 6.45) is 3.18. The molecule has 5 rings (SSSR count). The molecule has 6 nitrogen and oxygen atoms in total. The third-order valence-corrected chi connectivity index (χ3v) is 7.20. The molecule has 8 heteroatoms. The van der Waals surface area contributed by atoms with Gasteiger partial charge in [-0.1, -0.05) is 24.3 Å². The number of thiazole rings is 1. The van der Waals surface area contributed by atoms with Crippen LogP contribution >= 0.6 is 22.7 Å². The van der Waals surface area contributed by atoms with Gasteiger partial charge in [0.15, 0.2) is 0 Å². The minimum Gasteiger partial charge on any atom is -0.354 e. The fourth-order valence-electron chi connectivity index (χ4n) is 3.95. The van der Waals surface area contributed by atoms with Crippen LogP contribution in [-0.2, 0) is 11.2 Å². The number of thiophene rings is 1. The van der Waals surface area contributed by atoms with Crippen molar-refractivity contribution in [3.63, 3.8) is 0 Å². The van der Waals surface area contributed by atoms with Crippen molar-refractivity contribution in [3.05, 3.63) is 69.5 Å². The Bertz CT molecular complexity index is 1250. The number of nitrogens with one attached hydrogen (secondary N) is 2.